The zero-order valence-electron chi connectivity index (χ0n) is 10.9. The van der Waals surface area contributed by atoms with Crippen LogP contribution in [0.4, 0.5) is 0 Å². The van der Waals surface area contributed by atoms with Crippen LogP contribution in [0.25, 0.3) is 0 Å². The van der Waals surface area contributed by atoms with Crippen molar-refractivity contribution in [2.24, 2.45) is 11.3 Å². The van der Waals surface area contributed by atoms with Gasteiger partial charge in [-0.25, -0.2) is 0 Å². The van der Waals surface area contributed by atoms with E-state index in [4.69, 9.17) is 9.84 Å². The van der Waals surface area contributed by atoms with E-state index < -0.39 is 23.3 Å². The molecule has 0 amide bonds. The molecule has 108 valence electrons. The molecule has 1 aliphatic carbocycles. The Hall–Kier alpha value is -1.56. The average molecular weight is 343 g/mol. The van der Waals surface area contributed by atoms with E-state index >= 15 is 0 Å². The average Bonchev–Trinajstić information content (AvgIpc) is 3.10. The summed E-state index contributed by atoms with van der Waals surface area (Å²) >= 11 is 3.20. The number of hydrogen-bond acceptors (Lipinski definition) is 4. The monoisotopic (exact) mass is 342 g/mol. The Kier molecular flexibility index (Phi) is 4.04. The van der Waals surface area contributed by atoms with Gasteiger partial charge in [0.1, 0.15) is 5.75 Å². The largest absolute Gasteiger partial charge is 0.507 e. The Morgan fingerprint density at radius 2 is 2.20 bits per heavy atom. The normalized spacial score (nSPS) is 24.2. The van der Waals surface area contributed by atoms with E-state index in [2.05, 4.69) is 15.9 Å². The lowest BCUT2D eigenvalue weighted by Gasteiger charge is -2.15. The van der Waals surface area contributed by atoms with Crippen molar-refractivity contribution in [1.82, 2.24) is 0 Å². The second-order valence-electron chi connectivity index (χ2n) is 4.93. The second-order valence-corrected chi connectivity index (χ2v) is 5.79. The number of carboxylic acids is 1. The van der Waals surface area contributed by atoms with Crippen molar-refractivity contribution < 1.29 is 24.5 Å². The van der Waals surface area contributed by atoms with E-state index in [1.807, 2.05) is 0 Å². The molecule has 20 heavy (non-hydrogen) atoms. The van der Waals surface area contributed by atoms with Crippen molar-refractivity contribution in [3.05, 3.63) is 28.2 Å². The molecule has 6 heteroatoms. The Bertz CT molecular complexity index is 556. The van der Waals surface area contributed by atoms with Crippen LogP contribution >= 0.6 is 15.9 Å². The minimum atomic E-state index is -0.976. The van der Waals surface area contributed by atoms with Crippen molar-refractivity contribution in [2.45, 2.75) is 19.8 Å². The third kappa shape index (κ3) is 2.65. The Morgan fingerprint density at radius 1 is 1.50 bits per heavy atom. The molecule has 1 aliphatic rings. The highest BCUT2D eigenvalue weighted by Crippen LogP contribution is 2.56. The molecule has 2 atom stereocenters. The van der Waals surface area contributed by atoms with Gasteiger partial charge < -0.3 is 14.9 Å². The maximum atomic E-state index is 12.1. The predicted molar refractivity (Wildman–Crippen MR) is 74.3 cm³/mol. The molecule has 1 saturated carbocycles. The molecule has 5 nitrogen and oxygen atoms in total. The van der Waals surface area contributed by atoms with E-state index in [0.717, 1.165) is 5.56 Å². The maximum absolute atomic E-state index is 12.1. The molecule has 1 aromatic carbocycles. The summed E-state index contributed by atoms with van der Waals surface area (Å²) in [5.41, 5.74) is -0.190. The summed E-state index contributed by atoms with van der Waals surface area (Å²) in [7, 11) is 0. The van der Waals surface area contributed by atoms with Gasteiger partial charge in [-0.05, 0) is 53.4 Å². The predicted octanol–water partition coefficient (Wildman–Crippen LogP) is 2.35. The van der Waals surface area contributed by atoms with Gasteiger partial charge in [-0.3, -0.25) is 9.59 Å². The number of rotatable bonds is 5. The molecular weight excluding hydrogens is 328 g/mol. The lowest BCUT2D eigenvalue weighted by Crippen LogP contribution is -2.26. The third-order valence-electron chi connectivity index (χ3n) is 3.59. The minimum absolute atomic E-state index is 0.101. The number of ether oxygens (including phenoxy) is 1. The van der Waals surface area contributed by atoms with Crippen LogP contribution in [-0.4, -0.2) is 28.8 Å². The summed E-state index contributed by atoms with van der Waals surface area (Å²) in [4.78, 5) is 23.2. The molecule has 1 unspecified atom stereocenters. The van der Waals surface area contributed by atoms with E-state index in [1.165, 1.54) is 6.07 Å². The van der Waals surface area contributed by atoms with Gasteiger partial charge >= 0.3 is 11.9 Å². The number of phenols is 1. The van der Waals surface area contributed by atoms with Gasteiger partial charge in [0.05, 0.1) is 22.4 Å². The number of carbonyl (C=O) groups is 2. The Balaban J connectivity index is 2.23. The summed E-state index contributed by atoms with van der Waals surface area (Å²) in [6, 6.07) is 4.88. The van der Waals surface area contributed by atoms with Crippen LogP contribution in [0.1, 0.15) is 18.9 Å². The topological polar surface area (TPSA) is 83.8 Å². The lowest BCUT2D eigenvalue weighted by atomic mass is 9.94. The number of aliphatic carboxylic acids is 1. The molecule has 0 aromatic heterocycles. The fraction of sp³-hybridized carbons (Fsp3) is 0.429. The number of carboxylic acid groups (broad SMARTS) is 1. The summed E-state index contributed by atoms with van der Waals surface area (Å²) in [6.45, 7) is 1.92. The van der Waals surface area contributed by atoms with Gasteiger partial charge in [-0.1, -0.05) is 6.07 Å². The number of aromatic hydroxyl groups is 1. The molecule has 2 rings (SSSR count). The highest BCUT2D eigenvalue weighted by atomic mass is 79.9. The van der Waals surface area contributed by atoms with Crippen LogP contribution in [0.15, 0.2) is 22.7 Å². The number of benzene rings is 1. The summed E-state index contributed by atoms with van der Waals surface area (Å²) in [6.07, 6.45) is 0.585. The van der Waals surface area contributed by atoms with Crippen molar-refractivity contribution in [3.8, 4) is 5.75 Å². The molecule has 2 N–H and O–H groups in total. The van der Waals surface area contributed by atoms with Crippen LogP contribution < -0.4 is 0 Å². The fourth-order valence-corrected chi connectivity index (χ4v) is 2.85. The molecule has 0 bridgehead atoms. The first-order valence-corrected chi connectivity index (χ1v) is 7.07. The van der Waals surface area contributed by atoms with Crippen molar-refractivity contribution in [2.75, 3.05) is 6.61 Å². The molecule has 0 aliphatic heterocycles. The van der Waals surface area contributed by atoms with Crippen molar-refractivity contribution >= 4 is 27.9 Å². The summed E-state index contributed by atoms with van der Waals surface area (Å²) < 4.78 is 5.53. The van der Waals surface area contributed by atoms with Crippen molar-refractivity contribution in [1.29, 1.82) is 0 Å². The summed E-state index contributed by atoms with van der Waals surface area (Å²) in [5.74, 6) is -2.04. The Morgan fingerprint density at radius 3 is 2.70 bits per heavy atom. The van der Waals surface area contributed by atoms with Gasteiger partial charge in [0.25, 0.3) is 0 Å². The maximum Gasteiger partial charge on any atom is 0.313 e. The van der Waals surface area contributed by atoms with Crippen LogP contribution in [-0.2, 0) is 20.7 Å². The number of phenolic OH excluding ortho intramolecular Hbond substituents is 1. The molecule has 1 aromatic rings. The standard InChI is InChI=1S/C14H15BrO5/c1-2-20-13(19)14(7-9(14)12(17)18)6-8-3-4-11(16)10(15)5-8/h3-5,9,16H,2,6-7H2,1H3,(H,17,18)/t9?,14-/m0/s1. The van der Waals surface area contributed by atoms with Crippen LogP contribution in [0, 0.1) is 11.3 Å². The third-order valence-corrected chi connectivity index (χ3v) is 4.22. The first-order chi connectivity index (χ1) is 9.40. The number of esters is 1. The molecule has 0 heterocycles. The minimum Gasteiger partial charge on any atom is -0.507 e. The first kappa shape index (κ1) is 14.8. The smallest absolute Gasteiger partial charge is 0.313 e. The molecule has 0 saturated heterocycles. The van der Waals surface area contributed by atoms with Crippen LogP contribution in [0.3, 0.4) is 0 Å². The Labute approximate surface area is 124 Å². The second kappa shape index (κ2) is 5.44. The van der Waals surface area contributed by atoms with E-state index in [0.29, 0.717) is 17.3 Å². The van der Waals surface area contributed by atoms with Crippen LogP contribution in [0.5, 0.6) is 5.75 Å². The molecule has 0 spiro atoms. The fourth-order valence-electron chi connectivity index (χ4n) is 2.42. The van der Waals surface area contributed by atoms with Crippen LogP contribution in [0.2, 0.25) is 0 Å². The highest BCUT2D eigenvalue weighted by Gasteiger charge is 2.64. The first-order valence-electron chi connectivity index (χ1n) is 6.28. The lowest BCUT2D eigenvalue weighted by molar-refractivity contribution is -0.153. The zero-order chi connectivity index (χ0) is 14.9. The van der Waals surface area contributed by atoms with E-state index in [-0.39, 0.29) is 12.4 Å². The summed E-state index contributed by atoms with van der Waals surface area (Å²) in [5, 5.41) is 18.6. The zero-order valence-corrected chi connectivity index (χ0v) is 12.5. The van der Waals surface area contributed by atoms with E-state index in [9.17, 15) is 14.7 Å². The SMILES string of the molecule is CCOC(=O)[C@@]1(Cc2ccc(O)c(Br)c2)CC1C(=O)O. The van der Waals surface area contributed by atoms with Gasteiger partial charge in [0, 0.05) is 0 Å². The highest BCUT2D eigenvalue weighted by molar-refractivity contribution is 9.10. The number of carbonyl (C=O) groups excluding carboxylic acids is 1. The molecular formula is C14H15BrO5. The number of halogens is 1. The quantitative estimate of drug-likeness (QED) is 0.802. The van der Waals surface area contributed by atoms with Gasteiger partial charge in [0.2, 0.25) is 0 Å². The van der Waals surface area contributed by atoms with Gasteiger partial charge in [-0.2, -0.15) is 0 Å². The van der Waals surface area contributed by atoms with Crippen molar-refractivity contribution in [3.63, 3.8) is 0 Å². The molecule has 0 radical (unpaired) electrons. The van der Waals surface area contributed by atoms with Gasteiger partial charge in [-0.15, -0.1) is 0 Å². The molecule has 1 fully saturated rings. The van der Waals surface area contributed by atoms with Gasteiger partial charge in [0.15, 0.2) is 0 Å². The number of hydrogen-bond donors (Lipinski definition) is 2. The van der Waals surface area contributed by atoms with E-state index in [1.54, 1.807) is 19.1 Å².